The molecule has 0 aliphatic carbocycles. The van der Waals surface area contributed by atoms with Gasteiger partial charge in [0.1, 0.15) is 0 Å². The summed E-state index contributed by atoms with van der Waals surface area (Å²) >= 11 is 0. The molecule has 1 heterocycles. The van der Waals surface area contributed by atoms with E-state index in [0.29, 0.717) is 6.54 Å². The molecule has 14 heavy (non-hydrogen) atoms. The van der Waals surface area contributed by atoms with Crippen molar-refractivity contribution >= 4 is 10.2 Å². The van der Waals surface area contributed by atoms with E-state index in [0.717, 1.165) is 19.5 Å². The largest absolute Gasteiger partial charge is 0.278 e. The summed E-state index contributed by atoms with van der Waals surface area (Å²) in [5, 5.41) is 4.22. The van der Waals surface area contributed by atoms with Crippen LogP contribution in [0.3, 0.4) is 0 Å². The minimum absolute atomic E-state index is 0.249. The smallest absolute Gasteiger partial charge is 0.241 e. The lowest BCUT2D eigenvalue weighted by atomic mass is 10.0. The Morgan fingerprint density at radius 3 is 2.79 bits per heavy atom. The van der Waals surface area contributed by atoms with Gasteiger partial charge in [-0.3, -0.25) is 0 Å². The van der Waals surface area contributed by atoms with E-state index in [4.69, 9.17) is 0 Å². The predicted molar refractivity (Wildman–Crippen MR) is 54.9 cm³/mol. The van der Waals surface area contributed by atoms with Crippen molar-refractivity contribution in [3.05, 3.63) is 6.42 Å². The van der Waals surface area contributed by atoms with Crippen molar-refractivity contribution in [3.63, 3.8) is 0 Å². The molecule has 1 saturated heterocycles. The molecular formula is C8H17N3O2S. The van der Waals surface area contributed by atoms with Gasteiger partial charge in [-0.05, 0) is 18.8 Å². The summed E-state index contributed by atoms with van der Waals surface area (Å²) in [4.78, 5) is 0. The average molecular weight is 219 g/mol. The van der Waals surface area contributed by atoms with Crippen molar-refractivity contribution in [2.24, 2.45) is 5.92 Å². The van der Waals surface area contributed by atoms with E-state index in [2.05, 4.69) is 16.5 Å². The maximum Gasteiger partial charge on any atom is 0.278 e. The van der Waals surface area contributed by atoms with Gasteiger partial charge in [-0.25, -0.2) is 10.0 Å². The van der Waals surface area contributed by atoms with Gasteiger partial charge >= 0.3 is 0 Å². The monoisotopic (exact) mass is 219 g/mol. The van der Waals surface area contributed by atoms with Crippen LogP contribution >= 0.6 is 0 Å². The molecule has 0 amide bonds. The second-order valence-electron chi connectivity index (χ2n) is 3.55. The summed E-state index contributed by atoms with van der Waals surface area (Å²) in [5.74, 6) is 0.249. The van der Waals surface area contributed by atoms with Crippen LogP contribution in [-0.2, 0) is 10.2 Å². The molecule has 0 bridgehead atoms. The number of piperidine rings is 1. The number of rotatable bonds is 4. The molecule has 0 saturated carbocycles. The minimum atomic E-state index is -3.28. The lowest BCUT2D eigenvalue weighted by Gasteiger charge is -2.22. The Kier molecular flexibility index (Phi) is 4.31. The van der Waals surface area contributed by atoms with Crippen LogP contribution in [-0.4, -0.2) is 46.5 Å². The van der Waals surface area contributed by atoms with Gasteiger partial charge in [-0.15, -0.1) is 0 Å². The van der Waals surface area contributed by atoms with Crippen LogP contribution in [0.4, 0.5) is 0 Å². The molecule has 1 N–H and O–H groups in total. The lowest BCUT2D eigenvalue weighted by molar-refractivity contribution is 0.440. The summed E-state index contributed by atoms with van der Waals surface area (Å²) in [5.41, 5.74) is 0. The Labute approximate surface area is 86.0 Å². The van der Waals surface area contributed by atoms with Crippen LogP contribution in [0.5, 0.6) is 0 Å². The quantitative estimate of drug-likeness (QED) is 0.673. The maximum absolute atomic E-state index is 11.3. The Morgan fingerprint density at radius 1 is 1.57 bits per heavy atom. The van der Waals surface area contributed by atoms with Crippen molar-refractivity contribution < 1.29 is 8.42 Å². The average Bonchev–Trinajstić information content (AvgIpc) is 2.16. The van der Waals surface area contributed by atoms with E-state index < -0.39 is 10.2 Å². The zero-order valence-corrected chi connectivity index (χ0v) is 9.42. The first kappa shape index (κ1) is 11.9. The fraction of sp³-hybridized carbons (Fsp3) is 0.875. The molecule has 6 heteroatoms. The Bertz CT molecular complexity index is 258. The van der Waals surface area contributed by atoms with Gasteiger partial charge in [-0.1, -0.05) is 0 Å². The van der Waals surface area contributed by atoms with Crippen molar-refractivity contribution in [1.82, 2.24) is 14.3 Å². The van der Waals surface area contributed by atoms with Gasteiger partial charge in [-0.2, -0.15) is 12.7 Å². The second-order valence-corrected chi connectivity index (χ2v) is 5.52. The lowest BCUT2D eigenvalue weighted by Crippen LogP contribution is -2.41. The predicted octanol–water partition coefficient (Wildman–Crippen LogP) is -0.789. The normalized spacial score (nSPS) is 24.1. The molecule has 1 rings (SSSR count). The number of hydrogen-bond donors (Lipinski definition) is 1. The third-order valence-electron chi connectivity index (χ3n) is 2.16. The Balaban J connectivity index is 2.32. The van der Waals surface area contributed by atoms with Gasteiger partial charge in [0, 0.05) is 33.7 Å². The SMILES string of the molecule is CN(C)S(=O)(=O)NCC1[CH]CC[N]C1. The third kappa shape index (κ3) is 3.53. The van der Waals surface area contributed by atoms with E-state index in [-0.39, 0.29) is 5.92 Å². The second kappa shape index (κ2) is 5.06. The molecule has 0 aromatic heterocycles. The van der Waals surface area contributed by atoms with E-state index in [9.17, 15) is 8.42 Å². The Morgan fingerprint density at radius 2 is 2.29 bits per heavy atom. The van der Waals surface area contributed by atoms with Crippen molar-refractivity contribution in [3.8, 4) is 0 Å². The molecular weight excluding hydrogens is 202 g/mol. The summed E-state index contributed by atoms with van der Waals surface area (Å²) in [6, 6.07) is 0. The zero-order valence-electron chi connectivity index (χ0n) is 8.60. The molecule has 0 spiro atoms. The summed E-state index contributed by atoms with van der Waals surface area (Å²) in [6.07, 6.45) is 3.08. The van der Waals surface area contributed by atoms with Crippen LogP contribution in [0.25, 0.3) is 0 Å². The third-order valence-corrected chi connectivity index (χ3v) is 3.65. The van der Waals surface area contributed by atoms with E-state index in [1.54, 1.807) is 0 Å². The van der Waals surface area contributed by atoms with Crippen molar-refractivity contribution in [2.75, 3.05) is 33.7 Å². The zero-order chi connectivity index (χ0) is 10.6. The molecule has 1 unspecified atom stereocenters. The van der Waals surface area contributed by atoms with Crippen LogP contribution in [0.2, 0.25) is 0 Å². The highest BCUT2D eigenvalue weighted by Crippen LogP contribution is 2.08. The highest BCUT2D eigenvalue weighted by Gasteiger charge is 2.18. The van der Waals surface area contributed by atoms with Gasteiger partial charge in [0.15, 0.2) is 0 Å². The molecule has 5 nitrogen and oxygen atoms in total. The van der Waals surface area contributed by atoms with Crippen LogP contribution in [0.1, 0.15) is 6.42 Å². The van der Waals surface area contributed by atoms with Gasteiger partial charge in [0.05, 0.1) is 0 Å². The standard InChI is InChI=1S/C8H17N3O2S/c1-11(2)14(12,13)10-7-8-4-3-5-9-6-8/h4,8,10H,3,5-7H2,1-2H3. The fourth-order valence-electron chi connectivity index (χ4n) is 1.22. The van der Waals surface area contributed by atoms with Crippen LogP contribution in [0, 0.1) is 12.3 Å². The number of nitrogens with zero attached hydrogens (tertiary/aromatic N) is 2. The molecule has 1 aliphatic heterocycles. The van der Waals surface area contributed by atoms with Crippen LogP contribution < -0.4 is 10.0 Å². The van der Waals surface area contributed by atoms with E-state index in [1.807, 2.05) is 0 Å². The highest BCUT2D eigenvalue weighted by atomic mass is 32.2. The fourth-order valence-corrected chi connectivity index (χ4v) is 1.91. The number of nitrogens with one attached hydrogen (secondary N) is 1. The highest BCUT2D eigenvalue weighted by molar-refractivity contribution is 7.87. The molecule has 82 valence electrons. The summed E-state index contributed by atoms with van der Waals surface area (Å²) in [7, 11) is -0.254. The van der Waals surface area contributed by atoms with E-state index in [1.165, 1.54) is 18.4 Å². The first-order valence-electron chi connectivity index (χ1n) is 4.66. The number of hydrogen-bond acceptors (Lipinski definition) is 2. The summed E-state index contributed by atoms with van der Waals surface area (Å²) < 4.78 is 26.4. The molecule has 0 aromatic carbocycles. The van der Waals surface area contributed by atoms with E-state index >= 15 is 0 Å². The Hall–Kier alpha value is -0.170. The van der Waals surface area contributed by atoms with Gasteiger partial charge in [0.2, 0.25) is 0 Å². The topological polar surface area (TPSA) is 63.5 Å². The van der Waals surface area contributed by atoms with Crippen LogP contribution in [0.15, 0.2) is 0 Å². The van der Waals surface area contributed by atoms with Crippen molar-refractivity contribution in [1.29, 1.82) is 0 Å². The van der Waals surface area contributed by atoms with Crippen molar-refractivity contribution in [2.45, 2.75) is 6.42 Å². The first-order valence-corrected chi connectivity index (χ1v) is 6.10. The molecule has 0 aromatic rings. The minimum Gasteiger partial charge on any atom is -0.241 e. The maximum atomic E-state index is 11.3. The molecule has 1 atom stereocenters. The van der Waals surface area contributed by atoms with Gasteiger partial charge < -0.3 is 0 Å². The first-order chi connectivity index (χ1) is 6.52. The summed E-state index contributed by atoms with van der Waals surface area (Å²) in [6.45, 7) is 2.05. The van der Waals surface area contributed by atoms with Gasteiger partial charge in [0.25, 0.3) is 10.2 Å². The molecule has 1 aliphatic rings. The molecule has 2 radical (unpaired) electrons. The molecule has 1 fully saturated rings.